The van der Waals surface area contributed by atoms with E-state index in [1.165, 1.54) is 6.26 Å². The highest BCUT2D eigenvalue weighted by molar-refractivity contribution is 7.98. The number of alkyl halides is 3. The molecule has 10 heteroatoms. The first kappa shape index (κ1) is 18.8. The number of hydrogen-bond acceptors (Lipinski definition) is 3. The maximum Gasteiger partial charge on any atom is 0.417 e. The molecule has 2 aromatic rings. The summed E-state index contributed by atoms with van der Waals surface area (Å²) < 4.78 is 53.1. The van der Waals surface area contributed by atoms with Gasteiger partial charge in [-0.2, -0.15) is 13.2 Å². The Labute approximate surface area is 147 Å². The summed E-state index contributed by atoms with van der Waals surface area (Å²) in [5.41, 5.74) is -2.26. The number of carboxylic acids is 1. The fraction of sp³-hybridized carbons (Fsp3) is 0.143. The number of aromatic nitrogens is 1. The predicted molar refractivity (Wildman–Crippen MR) is 83.4 cm³/mol. The monoisotopic (exact) mass is 399 g/mol. The molecule has 0 radical (unpaired) electrons. The summed E-state index contributed by atoms with van der Waals surface area (Å²) in [5.74, 6) is -2.51. The van der Waals surface area contributed by atoms with Gasteiger partial charge in [0.05, 0.1) is 15.6 Å². The number of carbonyl (C=O) groups is 1. The average Bonchev–Trinajstić information content (AvgIpc) is 2.46. The molecule has 1 aromatic heterocycles. The Balaban J connectivity index is 2.74. The minimum Gasteiger partial charge on any atom is -0.476 e. The number of hydrogen-bond donors (Lipinski definition) is 1. The highest BCUT2D eigenvalue weighted by Crippen LogP contribution is 2.42. The summed E-state index contributed by atoms with van der Waals surface area (Å²) in [6.07, 6.45) is -3.23. The molecule has 1 N–H and O–H groups in total. The number of pyridine rings is 1. The van der Waals surface area contributed by atoms with Gasteiger partial charge in [0, 0.05) is 10.5 Å². The molecule has 0 unspecified atom stereocenters. The third-order valence-electron chi connectivity index (χ3n) is 2.98. The molecule has 0 spiro atoms. The molecule has 0 saturated carbocycles. The van der Waals surface area contributed by atoms with Crippen LogP contribution in [0, 0.1) is 5.82 Å². The Morgan fingerprint density at radius 3 is 2.33 bits per heavy atom. The van der Waals surface area contributed by atoms with Crippen LogP contribution in [-0.2, 0) is 6.18 Å². The molecule has 3 nitrogen and oxygen atoms in total. The minimum absolute atomic E-state index is 0.161. The van der Waals surface area contributed by atoms with Gasteiger partial charge in [-0.05, 0) is 24.5 Å². The van der Waals surface area contributed by atoms with Crippen LogP contribution < -0.4 is 0 Å². The largest absolute Gasteiger partial charge is 0.476 e. The standard InChI is InChI=1S/C14H7Cl2F4NO2S/c1-24-10-2-5(7(15)3-6(10)14(18,19)20)11-9(17)4-8(16)12(21-11)13(22)23/h2-4H,1H3,(H,22,23). The molecule has 1 heterocycles. The SMILES string of the molecule is CSc1cc(-c2nc(C(=O)O)c(Cl)cc2F)c(Cl)cc1C(F)(F)F. The third kappa shape index (κ3) is 3.60. The van der Waals surface area contributed by atoms with E-state index in [2.05, 4.69) is 4.98 Å². The van der Waals surface area contributed by atoms with Crippen molar-refractivity contribution < 1.29 is 27.5 Å². The molecule has 0 aliphatic rings. The molecule has 0 aliphatic heterocycles. The van der Waals surface area contributed by atoms with Gasteiger partial charge >= 0.3 is 12.1 Å². The quantitative estimate of drug-likeness (QED) is 0.536. The van der Waals surface area contributed by atoms with E-state index in [9.17, 15) is 22.4 Å². The lowest BCUT2D eigenvalue weighted by Gasteiger charge is -2.15. The first-order valence-corrected chi connectivity index (χ1v) is 8.08. The van der Waals surface area contributed by atoms with Gasteiger partial charge < -0.3 is 5.11 Å². The smallest absolute Gasteiger partial charge is 0.417 e. The molecule has 0 atom stereocenters. The van der Waals surface area contributed by atoms with Crippen molar-refractivity contribution in [2.24, 2.45) is 0 Å². The van der Waals surface area contributed by atoms with E-state index >= 15 is 0 Å². The van der Waals surface area contributed by atoms with E-state index in [-0.39, 0.29) is 10.5 Å². The van der Waals surface area contributed by atoms with Crippen LogP contribution in [0.4, 0.5) is 17.6 Å². The number of halogens is 6. The Bertz CT molecular complexity index is 827. The van der Waals surface area contributed by atoms with Crippen LogP contribution in [0.25, 0.3) is 11.3 Å². The molecule has 2 rings (SSSR count). The van der Waals surface area contributed by atoms with Gasteiger partial charge in [-0.3, -0.25) is 0 Å². The number of benzene rings is 1. The molecule has 1 aromatic carbocycles. The van der Waals surface area contributed by atoms with E-state index in [1.807, 2.05) is 0 Å². The van der Waals surface area contributed by atoms with Gasteiger partial charge in [0.15, 0.2) is 11.5 Å². The number of thioether (sulfide) groups is 1. The number of rotatable bonds is 3. The van der Waals surface area contributed by atoms with E-state index < -0.39 is 45.0 Å². The second-order valence-electron chi connectivity index (χ2n) is 4.48. The molecule has 24 heavy (non-hydrogen) atoms. The number of carboxylic acid groups (broad SMARTS) is 1. The van der Waals surface area contributed by atoms with Gasteiger partial charge in [0.25, 0.3) is 0 Å². The first-order valence-electron chi connectivity index (χ1n) is 6.10. The van der Waals surface area contributed by atoms with Crippen LogP contribution in [0.5, 0.6) is 0 Å². The molecule has 0 bridgehead atoms. The number of nitrogens with zero attached hydrogens (tertiary/aromatic N) is 1. The Morgan fingerprint density at radius 2 is 1.83 bits per heavy atom. The zero-order valence-corrected chi connectivity index (χ0v) is 14.0. The van der Waals surface area contributed by atoms with E-state index in [0.29, 0.717) is 6.07 Å². The van der Waals surface area contributed by atoms with Crippen LogP contribution in [0.1, 0.15) is 16.1 Å². The zero-order valence-electron chi connectivity index (χ0n) is 11.7. The Hall–Kier alpha value is -1.51. The summed E-state index contributed by atoms with van der Waals surface area (Å²) in [5, 5.41) is 8.15. The first-order chi connectivity index (χ1) is 11.1. The van der Waals surface area contributed by atoms with Crippen LogP contribution in [0.2, 0.25) is 10.0 Å². The summed E-state index contributed by atoms with van der Waals surface area (Å²) in [7, 11) is 0. The Morgan fingerprint density at radius 1 is 1.21 bits per heavy atom. The van der Waals surface area contributed by atoms with Gasteiger partial charge in [-0.25, -0.2) is 14.2 Å². The third-order valence-corrected chi connectivity index (χ3v) is 4.36. The van der Waals surface area contributed by atoms with E-state index in [1.54, 1.807) is 0 Å². The zero-order chi connectivity index (χ0) is 18.2. The van der Waals surface area contributed by atoms with Crippen LogP contribution in [-0.4, -0.2) is 22.3 Å². The van der Waals surface area contributed by atoms with E-state index in [4.69, 9.17) is 28.3 Å². The lowest BCUT2D eigenvalue weighted by Crippen LogP contribution is -2.08. The molecule has 0 amide bonds. The maximum absolute atomic E-state index is 14.1. The van der Waals surface area contributed by atoms with Gasteiger partial charge in [-0.1, -0.05) is 23.2 Å². The van der Waals surface area contributed by atoms with Crippen molar-refractivity contribution in [2.75, 3.05) is 6.26 Å². The molecular weight excluding hydrogens is 393 g/mol. The fourth-order valence-electron chi connectivity index (χ4n) is 1.93. The molecule has 0 aliphatic carbocycles. The summed E-state index contributed by atoms with van der Waals surface area (Å²) >= 11 is 12.2. The van der Waals surface area contributed by atoms with Crippen molar-refractivity contribution in [1.82, 2.24) is 4.98 Å². The maximum atomic E-state index is 14.1. The second-order valence-corrected chi connectivity index (χ2v) is 6.15. The van der Waals surface area contributed by atoms with Crippen molar-refractivity contribution in [3.63, 3.8) is 0 Å². The highest BCUT2D eigenvalue weighted by atomic mass is 35.5. The van der Waals surface area contributed by atoms with Gasteiger partial charge in [-0.15, -0.1) is 11.8 Å². The van der Waals surface area contributed by atoms with Crippen molar-refractivity contribution in [1.29, 1.82) is 0 Å². The molecular formula is C14H7Cl2F4NO2S. The molecule has 0 saturated heterocycles. The fourth-order valence-corrected chi connectivity index (χ4v) is 3.03. The van der Waals surface area contributed by atoms with Crippen LogP contribution in [0.15, 0.2) is 23.1 Å². The topological polar surface area (TPSA) is 50.2 Å². The average molecular weight is 400 g/mol. The summed E-state index contributed by atoms with van der Waals surface area (Å²) in [6.45, 7) is 0. The normalized spacial score (nSPS) is 11.6. The van der Waals surface area contributed by atoms with Crippen LogP contribution >= 0.6 is 35.0 Å². The van der Waals surface area contributed by atoms with Crippen molar-refractivity contribution >= 4 is 40.9 Å². The lowest BCUT2D eigenvalue weighted by molar-refractivity contribution is -0.139. The van der Waals surface area contributed by atoms with Gasteiger partial charge in [0.1, 0.15) is 5.69 Å². The van der Waals surface area contributed by atoms with Crippen molar-refractivity contribution in [3.8, 4) is 11.3 Å². The lowest BCUT2D eigenvalue weighted by atomic mass is 10.1. The van der Waals surface area contributed by atoms with Crippen molar-refractivity contribution in [2.45, 2.75) is 11.1 Å². The second kappa shape index (κ2) is 6.78. The van der Waals surface area contributed by atoms with Crippen LogP contribution in [0.3, 0.4) is 0 Å². The number of aromatic carboxylic acids is 1. The molecule has 0 fully saturated rings. The van der Waals surface area contributed by atoms with E-state index in [0.717, 1.165) is 23.9 Å². The van der Waals surface area contributed by atoms with Crippen molar-refractivity contribution in [3.05, 3.63) is 45.3 Å². The molecule has 128 valence electrons. The summed E-state index contributed by atoms with van der Waals surface area (Å²) in [6, 6.07) is 2.39. The van der Waals surface area contributed by atoms with Gasteiger partial charge in [0.2, 0.25) is 0 Å². The predicted octanol–water partition coefficient (Wildman–Crippen LogP) is 5.63. The highest BCUT2D eigenvalue weighted by Gasteiger charge is 2.34. The summed E-state index contributed by atoms with van der Waals surface area (Å²) in [4.78, 5) is 14.4. The minimum atomic E-state index is -4.64. The Kier molecular flexibility index (Phi) is 5.31.